The molecule has 0 atom stereocenters. The Morgan fingerprint density at radius 3 is 2.57 bits per heavy atom. The number of piperazine rings is 1. The second kappa shape index (κ2) is 8.48. The molecule has 1 aromatic heterocycles. The molecule has 5 heteroatoms. The molecule has 0 radical (unpaired) electrons. The summed E-state index contributed by atoms with van der Waals surface area (Å²) >= 11 is 0. The second-order valence-electron chi connectivity index (χ2n) is 7.42. The molecule has 4 rings (SSSR count). The minimum Gasteiger partial charge on any atom is -0.492 e. The van der Waals surface area contributed by atoms with Crippen molar-refractivity contribution >= 4 is 16.8 Å². The summed E-state index contributed by atoms with van der Waals surface area (Å²) in [4.78, 5) is 20.3. The van der Waals surface area contributed by atoms with Crippen LogP contribution in [0.25, 0.3) is 10.9 Å². The van der Waals surface area contributed by atoms with Crippen LogP contribution in [0, 0.1) is 6.92 Å². The van der Waals surface area contributed by atoms with E-state index in [2.05, 4.69) is 35.0 Å². The number of carbonyl (C=O) groups excluding carboxylic acids is 1. The maximum Gasteiger partial charge on any atom is 0.227 e. The van der Waals surface area contributed by atoms with Crippen molar-refractivity contribution in [2.75, 3.05) is 39.3 Å². The van der Waals surface area contributed by atoms with Gasteiger partial charge in [0.15, 0.2) is 0 Å². The lowest BCUT2D eigenvalue weighted by Crippen LogP contribution is -2.49. The topological polar surface area (TPSA) is 48.6 Å². The molecule has 1 aliphatic heterocycles. The molecule has 1 N–H and O–H groups in total. The normalized spacial score (nSPS) is 15.1. The van der Waals surface area contributed by atoms with Gasteiger partial charge in [-0.2, -0.15) is 0 Å². The Morgan fingerprint density at radius 2 is 1.79 bits per heavy atom. The molecule has 146 valence electrons. The van der Waals surface area contributed by atoms with Crippen molar-refractivity contribution in [1.82, 2.24) is 14.8 Å². The second-order valence-corrected chi connectivity index (χ2v) is 7.42. The lowest BCUT2D eigenvalue weighted by Gasteiger charge is -2.34. The average Bonchev–Trinajstić information content (AvgIpc) is 3.13. The molecule has 0 spiro atoms. The molecule has 0 saturated carbocycles. The number of para-hydroxylation sites is 1. The van der Waals surface area contributed by atoms with Gasteiger partial charge in [0, 0.05) is 49.8 Å². The number of benzene rings is 2. The zero-order valence-electron chi connectivity index (χ0n) is 16.4. The fourth-order valence-corrected chi connectivity index (χ4v) is 3.70. The van der Waals surface area contributed by atoms with Crippen molar-refractivity contribution in [2.24, 2.45) is 0 Å². The Morgan fingerprint density at radius 1 is 1.04 bits per heavy atom. The molecule has 0 bridgehead atoms. The quantitative estimate of drug-likeness (QED) is 0.717. The predicted molar refractivity (Wildman–Crippen MR) is 112 cm³/mol. The summed E-state index contributed by atoms with van der Waals surface area (Å²) in [5.41, 5.74) is 3.40. The first kappa shape index (κ1) is 18.6. The first-order valence-electron chi connectivity index (χ1n) is 9.93. The van der Waals surface area contributed by atoms with Gasteiger partial charge in [0.1, 0.15) is 12.4 Å². The number of rotatable bonds is 6. The van der Waals surface area contributed by atoms with E-state index in [1.165, 1.54) is 5.56 Å². The van der Waals surface area contributed by atoms with E-state index < -0.39 is 0 Å². The van der Waals surface area contributed by atoms with E-state index >= 15 is 0 Å². The van der Waals surface area contributed by atoms with E-state index in [4.69, 9.17) is 4.74 Å². The number of aromatic nitrogens is 1. The molecule has 1 amide bonds. The van der Waals surface area contributed by atoms with Gasteiger partial charge in [-0.15, -0.1) is 0 Å². The lowest BCUT2D eigenvalue weighted by atomic mass is 10.1. The largest absolute Gasteiger partial charge is 0.492 e. The molecule has 3 aromatic rings. The third-order valence-corrected chi connectivity index (χ3v) is 5.44. The highest BCUT2D eigenvalue weighted by Gasteiger charge is 2.21. The number of fused-ring (bicyclic) bond motifs is 1. The van der Waals surface area contributed by atoms with Gasteiger partial charge in [0.25, 0.3) is 0 Å². The first-order valence-corrected chi connectivity index (χ1v) is 9.93. The van der Waals surface area contributed by atoms with Crippen LogP contribution in [-0.4, -0.2) is 60.0 Å². The average molecular weight is 377 g/mol. The van der Waals surface area contributed by atoms with Gasteiger partial charge < -0.3 is 14.6 Å². The van der Waals surface area contributed by atoms with Crippen LogP contribution in [0.4, 0.5) is 0 Å². The number of hydrogen-bond donors (Lipinski definition) is 1. The molecule has 1 aliphatic rings. The predicted octanol–water partition coefficient (Wildman–Crippen LogP) is 3.24. The third kappa shape index (κ3) is 4.37. The summed E-state index contributed by atoms with van der Waals surface area (Å²) in [5.74, 6) is 1.12. The number of aryl methyl sites for hydroxylation is 1. The lowest BCUT2D eigenvalue weighted by molar-refractivity contribution is -0.132. The van der Waals surface area contributed by atoms with Crippen LogP contribution in [0.3, 0.4) is 0 Å². The molecule has 5 nitrogen and oxygen atoms in total. The summed E-state index contributed by atoms with van der Waals surface area (Å²) in [6, 6.07) is 16.3. The Kier molecular flexibility index (Phi) is 5.63. The van der Waals surface area contributed by atoms with E-state index in [0.717, 1.165) is 54.9 Å². The standard InChI is InChI=1S/C23H27N3O2/c1-18-6-8-20(9-7-18)28-15-14-25-10-12-26(13-11-25)23(27)16-19-17-24-22-5-3-2-4-21(19)22/h2-9,17,24H,10-16H2,1H3. The molecule has 2 heterocycles. The minimum atomic E-state index is 0.209. The van der Waals surface area contributed by atoms with Crippen LogP contribution in [-0.2, 0) is 11.2 Å². The Bertz CT molecular complexity index is 924. The van der Waals surface area contributed by atoms with Gasteiger partial charge >= 0.3 is 0 Å². The van der Waals surface area contributed by atoms with Crippen molar-refractivity contribution < 1.29 is 9.53 Å². The van der Waals surface area contributed by atoms with Gasteiger partial charge in [-0.1, -0.05) is 35.9 Å². The van der Waals surface area contributed by atoms with Crippen LogP contribution in [0.1, 0.15) is 11.1 Å². The Balaban J connectivity index is 1.22. The zero-order chi connectivity index (χ0) is 19.3. The van der Waals surface area contributed by atoms with Gasteiger partial charge in [0.2, 0.25) is 5.91 Å². The van der Waals surface area contributed by atoms with Crippen LogP contribution in [0.5, 0.6) is 5.75 Å². The summed E-state index contributed by atoms with van der Waals surface area (Å²) in [6.45, 7) is 7.00. The van der Waals surface area contributed by atoms with E-state index in [9.17, 15) is 4.79 Å². The fraction of sp³-hybridized carbons (Fsp3) is 0.348. The van der Waals surface area contributed by atoms with Gasteiger partial charge in [-0.05, 0) is 30.7 Å². The van der Waals surface area contributed by atoms with E-state index in [-0.39, 0.29) is 5.91 Å². The van der Waals surface area contributed by atoms with Crippen LogP contribution in [0.2, 0.25) is 0 Å². The Labute approximate surface area is 165 Å². The monoisotopic (exact) mass is 377 g/mol. The van der Waals surface area contributed by atoms with Crippen molar-refractivity contribution in [3.05, 3.63) is 65.9 Å². The van der Waals surface area contributed by atoms with E-state index in [1.54, 1.807) is 0 Å². The molecular weight excluding hydrogens is 350 g/mol. The van der Waals surface area contributed by atoms with Crippen molar-refractivity contribution in [3.8, 4) is 5.75 Å². The smallest absolute Gasteiger partial charge is 0.227 e. The maximum absolute atomic E-state index is 12.7. The molecule has 0 unspecified atom stereocenters. The van der Waals surface area contributed by atoms with Crippen molar-refractivity contribution in [1.29, 1.82) is 0 Å². The number of hydrogen-bond acceptors (Lipinski definition) is 3. The van der Waals surface area contributed by atoms with Crippen molar-refractivity contribution in [2.45, 2.75) is 13.3 Å². The van der Waals surface area contributed by atoms with Crippen LogP contribution < -0.4 is 4.74 Å². The highest BCUT2D eigenvalue weighted by molar-refractivity contribution is 5.88. The summed E-state index contributed by atoms with van der Waals surface area (Å²) in [7, 11) is 0. The highest BCUT2D eigenvalue weighted by Crippen LogP contribution is 2.19. The molecule has 1 saturated heterocycles. The summed E-state index contributed by atoms with van der Waals surface area (Å²) in [6.07, 6.45) is 2.42. The number of ether oxygens (including phenoxy) is 1. The minimum absolute atomic E-state index is 0.209. The fourth-order valence-electron chi connectivity index (χ4n) is 3.70. The van der Waals surface area contributed by atoms with Crippen molar-refractivity contribution in [3.63, 3.8) is 0 Å². The van der Waals surface area contributed by atoms with Gasteiger partial charge in [-0.3, -0.25) is 9.69 Å². The zero-order valence-corrected chi connectivity index (χ0v) is 16.4. The highest BCUT2D eigenvalue weighted by atomic mass is 16.5. The Hall–Kier alpha value is -2.79. The molecule has 0 aliphatic carbocycles. The maximum atomic E-state index is 12.7. The molecular formula is C23H27N3O2. The number of aromatic amines is 1. The molecule has 2 aromatic carbocycles. The number of H-pyrrole nitrogens is 1. The van der Waals surface area contributed by atoms with Crippen LogP contribution >= 0.6 is 0 Å². The van der Waals surface area contributed by atoms with Gasteiger partial charge in [-0.25, -0.2) is 0 Å². The number of nitrogens with zero attached hydrogens (tertiary/aromatic N) is 2. The summed E-state index contributed by atoms with van der Waals surface area (Å²) in [5, 5.41) is 1.14. The van der Waals surface area contributed by atoms with E-state index in [1.807, 2.05) is 41.4 Å². The van der Waals surface area contributed by atoms with E-state index in [0.29, 0.717) is 13.0 Å². The third-order valence-electron chi connectivity index (χ3n) is 5.44. The molecule has 28 heavy (non-hydrogen) atoms. The SMILES string of the molecule is Cc1ccc(OCCN2CCN(C(=O)Cc3c[nH]c4ccccc34)CC2)cc1. The van der Waals surface area contributed by atoms with Gasteiger partial charge in [0.05, 0.1) is 6.42 Å². The number of nitrogens with one attached hydrogen (secondary N) is 1. The number of amides is 1. The first-order chi connectivity index (χ1) is 13.7. The number of carbonyl (C=O) groups is 1. The summed E-state index contributed by atoms with van der Waals surface area (Å²) < 4.78 is 5.82. The molecule has 1 fully saturated rings. The van der Waals surface area contributed by atoms with Crippen LogP contribution in [0.15, 0.2) is 54.7 Å².